The number of carbonyl (C=O) groups excluding carboxylic acids is 1. The van der Waals surface area contributed by atoms with Crippen LogP contribution < -0.4 is 4.74 Å². The van der Waals surface area contributed by atoms with E-state index < -0.39 is 0 Å². The van der Waals surface area contributed by atoms with Crippen molar-refractivity contribution in [2.75, 3.05) is 6.61 Å². The molecule has 0 amide bonds. The van der Waals surface area contributed by atoms with E-state index in [4.69, 9.17) is 9.47 Å². The summed E-state index contributed by atoms with van der Waals surface area (Å²) < 4.78 is 10.9. The van der Waals surface area contributed by atoms with Gasteiger partial charge in [-0.2, -0.15) is 0 Å². The number of ether oxygens (including phenoxy) is 2. The van der Waals surface area contributed by atoms with Gasteiger partial charge < -0.3 is 9.47 Å². The molecule has 0 N–H and O–H groups in total. The summed E-state index contributed by atoms with van der Waals surface area (Å²) in [5.74, 6) is 0.724. The summed E-state index contributed by atoms with van der Waals surface area (Å²) >= 11 is 1.59. The molecule has 1 aromatic carbocycles. The number of carbonyl (C=O) groups is 1. The number of benzene rings is 1. The van der Waals surface area contributed by atoms with Crippen LogP contribution in [0.5, 0.6) is 5.75 Å². The summed E-state index contributed by atoms with van der Waals surface area (Å²) in [6.07, 6.45) is 1.83. The zero-order valence-electron chi connectivity index (χ0n) is 9.46. The fourth-order valence-electron chi connectivity index (χ4n) is 1.72. The lowest BCUT2D eigenvalue weighted by atomic mass is 10.2. The highest BCUT2D eigenvalue weighted by Crippen LogP contribution is 2.25. The molecule has 0 saturated carbocycles. The quantitative estimate of drug-likeness (QED) is 0.736. The lowest BCUT2D eigenvalue weighted by Gasteiger charge is -2.03. The van der Waals surface area contributed by atoms with Gasteiger partial charge in [0, 0.05) is 4.88 Å². The summed E-state index contributed by atoms with van der Waals surface area (Å²) in [6.45, 7) is 0.265. The lowest BCUT2D eigenvalue weighted by Crippen LogP contribution is -2.03. The maximum atomic E-state index is 11.9. The van der Waals surface area contributed by atoms with Gasteiger partial charge in [-0.3, -0.25) is 0 Å². The zero-order chi connectivity index (χ0) is 12.4. The van der Waals surface area contributed by atoms with Crippen molar-refractivity contribution in [3.63, 3.8) is 0 Å². The van der Waals surface area contributed by atoms with Gasteiger partial charge in [0.1, 0.15) is 23.7 Å². The number of hydrogen-bond donors (Lipinski definition) is 0. The van der Waals surface area contributed by atoms with Crippen LogP contribution in [0.3, 0.4) is 0 Å². The van der Waals surface area contributed by atoms with Crippen LogP contribution in [0.4, 0.5) is 0 Å². The van der Waals surface area contributed by atoms with Gasteiger partial charge >= 0.3 is 5.97 Å². The molecular weight excluding hydrogens is 248 g/mol. The molecule has 0 bridgehead atoms. The first-order valence-electron chi connectivity index (χ1n) is 5.51. The van der Waals surface area contributed by atoms with E-state index in [1.807, 2.05) is 29.7 Å². The van der Waals surface area contributed by atoms with Gasteiger partial charge in [-0.25, -0.2) is 4.79 Å². The third-order valence-corrected chi connectivity index (χ3v) is 3.37. The molecule has 0 saturated heterocycles. The van der Waals surface area contributed by atoms with Crippen LogP contribution in [-0.2, 0) is 4.74 Å². The minimum Gasteiger partial charge on any atom is -0.485 e. The first-order chi connectivity index (χ1) is 8.83. The number of hydrogen-bond acceptors (Lipinski definition) is 4. The predicted molar refractivity (Wildman–Crippen MR) is 69.6 cm³/mol. The second-order valence-corrected chi connectivity index (χ2v) is 4.78. The first kappa shape index (κ1) is 11.0. The molecule has 1 aliphatic rings. The van der Waals surface area contributed by atoms with Crippen molar-refractivity contribution < 1.29 is 14.3 Å². The van der Waals surface area contributed by atoms with Gasteiger partial charge in [0.15, 0.2) is 0 Å². The molecule has 18 heavy (non-hydrogen) atoms. The predicted octanol–water partition coefficient (Wildman–Crippen LogP) is 3.34. The van der Waals surface area contributed by atoms with Gasteiger partial charge in [-0.05, 0) is 29.7 Å². The van der Waals surface area contributed by atoms with Crippen LogP contribution in [-0.4, -0.2) is 12.6 Å². The highest BCUT2D eigenvalue weighted by atomic mass is 32.1. The van der Waals surface area contributed by atoms with Crippen LogP contribution in [0.25, 0.3) is 6.08 Å². The number of cyclic esters (lactones) is 1. The molecule has 4 heteroatoms. The third-order valence-electron chi connectivity index (χ3n) is 2.55. The van der Waals surface area contributed by atoms with Gasteiger partial charge in [-0.1, -0.05) is 18.2 Å². The van der Waals surface area contributed by atoms with E-state index in [2.05, 4.69) is 0 Å². The minimum absolute atomic E-state index is 0.265. The molecule has 1 aromatic heterocycles. The Morgan fingerprint density at radius 3 is 2.89 bits per heavy atom. The number of thiophene rings is 1. The fourth-order valence-corrected chi connectivity index (χ4v) is 2.39. The van der Waals surface area contributed by atoms with E-state index in [9.17, 15) is 4.79 Å². The Balaban J connectivity index is 1.91. The van der Waals surface area contributed by atoms with Gasteiger partial charge in [0.2, 0.25) is 0 Å². The molecule has 3 nitrogen and oxygen atoms in total. The van der Waals surface area contributed by atoms with E-state index >= 15 is 0 Å². The average Bonchev–Trinajstić information content (AvgIpc) is 2.83. The van der Waals surface area contributed by atoms with Crippen LogP contribution in [0.1, 0.15) is 15.2 Å². The number of fused-ring (bicyclic) bond motifs is 1. The monoisotopic (exact) mass is 258 g/mol. The SMILES string of the molecule is O=C1O/C(=C/c2cccs2)COc2ccccc21. The van der Waals surface area contributed by atoms with Crippen molar-refractivity contribution in [3.8, 4) is 5.75 Å². The minimum atomic E-state index is -0.370. The topological polar surface area (TPSA) is 35.5 Å². The zero-order valence-corrected chi connectivity index (χ0v) is 10.3. The average molecular weight is 258 g/mol. The highest BCUT2D eigenvalue weighted by molar-refractivity contribution is 7.10. The second-order valence-electron chi connectivity index (χ2n) is 3.80. The Bertz CT molecular complexity index is 599. The summed E-state index contributed by atoms with van der Waals surface area (Å²) in [7, 11) is 0. The number of rotatable bonds is 1. The molecule has 90 valence electrons. The van der Waals surface area contributed by atoms with Crippen molar-refractivity contribution >= 4 is 23.4 Å². The second kappa shape index (κ2) is 4.66. The lowest BCUT2D eigenvalue weighted by molar-refractivity contribution is 0.0621. The van der Waals surface area contributed by atoms with Crippen LogP contribution in [0, 0.1) is 0 Å². The van der Waals surface area contributed by atoms with Gasteiger partial charge in [0.25, 0.3) is 0 Å². The van der Waals surface area contributed by atoms with E-state index in [1.165, 1.54) is 0 Å². The third kappa shape index (κ3) is 2.15. The summed E-state index contributed by atoms with van der Waals surface area (Å²) in [4.78, 5) is 12.9. The maximum absolute atomic E-state index is 11.9. The maximum Gasteiger partial charge on any atom is 0.347 e. The molecule has 0 spiro atoms. The summed E-state index contributed by atoms with van der Waals surface area (Å²) in [5.41, 5.74) is 0.465. The Morgan fingerprint density at radius 1 is 1.17 bits per heavy atom. The van der Waals surface area contributed by atoms with E-state index in [0.29, 0.717) is 17.1 Å². The van der Waals surface area contributed by atoms with Crippen LogP contribution in [0.2, 0.25) is 0 Å². The van der Waals surface area contributed by atoms with E-state index in [0.717, 1.165) is 4.88 Å². The standard InChI is InChI=1S/C14H10O3S/c15-14-12-5-1-2-6-13(12)16-9-10(17-14)8-11-4-3-7-18-11/h1-8H,9H2/b10-8+. The highest BCUT2D eigenvalue weighted by Gasteiger charge is 2.20. The molecule has 0 radical (unpaired) electrons. The smallest absolute Gasteiger partial charge is 0.347 e. The Hall–Kier alpha value is -2.07. The van der Waals surface area contributed by atoms with Crippen molar-refractivity contribution in [1.29, 1.82) is 0 Å². The summed E-state index contributed by atoms with van der Waals surface area (Å²) in [5, 5.41) is 1.97. The molecule has 0 aliphatic carbocycles. The molecule has 3 rings (SSSR count). The molecule has 0 atom stereocenters. The molecule has 1 aliphatic heterocycles. The Kier molecular flexibility index (Phi) is 2.86. The number of para-hydroxylation sites is 1. The molecule has 2 heterocycles. The Labute approximate surface area is 108 Å². The Morgan fingerprint density at radius 2 is 2.06 bits per heavy atom. The van der Waals surface area contributed by atoms with Crippen molar-refractivity contribution in [3.05, 3.63) is 58.0 Å². The first-order valence-corrected chi connectivity index (χ1v) is 6.39. The van der Waals surface area contributed by atoms with Crippen LogP contribution in [0.15, 0.2) is 47.5 Å². The summed E-state index contributed by atoms with van der Waals surface area (Å²) in [6, 6.07) is 11.0. The van der Waals surface area contributed by atoms with Gasteiger partial charge in [-0.15, -0.1) is 11.3 Å². The number of esters is 1. The molecule has 0 unspecified atom stereocenters. The van der Waals surface area contributed by atoms with Crippen molar-refractivity contribution in [1.82, 2.24) is 0 Å². The van der Waals surface area contributed by atoms with Crippen LogP contribution >= 0.6 is 11.3 Å². The fraction of sp³-hybridized carbons (Fsp3) is 0.0714. The van der Waals surface area contributed by atoms with Gasteiger partial charge in [0.05, 0.1) is 0 Å². The van der Waals surface area contributed by atoms with E-state index in [-0.39, 0.29) is 12.6 Å². The molecule has 0 fully saturated rings. The van der Waals surface area contributed by atoms with E-state index in [1.54, 1.807) is 29.5 Å². The molecular formula is C14H10O3S. The largest absolute Gasteiger partial charge is 0.485 e. The van der Waals surface area contributed by atoms with Crippen molar-refractivity contribution in [2.24, 2.45) is 0 Å². The molecule has 2 aromatic rings. The normalized spacial score (nSPS) is 16.7. The van der Waals surface area contributed by atoms with Crippen molar-refractivity contribution in [2.45, 2.75) is 0 Å².